The van der Waals surface area contributed by atoms with Crippen molar-refractivity contribution in [2.75, 3.05) is 0 Å². The minimum Gasteiger partial charge on any atom is -0.271 e. The second-order valence-electron chi connectivity index (χ2n) is 5.36. The Morgan fingerprint density at radius 2 is 2.20 bits per heavy atom. The van der Waals surface area contributed by atoms with E-state index in [1.807, 2.05) is 4.68 Å². The highest BCUT2D eigenvalue weighted by atomic mass is 32.1. The van der Waals surface area contributed by atoms with Gasteiger partial charge in [0.25, 0.3) is 0 Å². The van der Waals surface area contributed by atoms with Crippen LogP contribution in [0.25, 0.3) is 0 Å². The van der Waals surface area contributed by atoms with Crippen LogP contribution in [0.4, 0.5) is 0 Å². The lowest BCUT2D eigenvalue weighted by atomic mass is 10.1. The number of nitrogens with one attached hydrogen (secondary N) is 1. The van der Waals surface area contributed by atoms with Gasteiger partial charge in [0, 0.05) is 28.4 Å². The van der Waals surface area contributed by atoms with Gasteiger partial charge in [-0.2, -0.15) is 5.10 Å². The van der Waals surface area contributed by atoms with Gasteiger partial charge in [0.05, 0.1) is 11.7 Å². The van der Waals surface area contributed by atoms with Crippen molar-refractivity contribution in [2.45, 2.75) is 52.6 Å². The van der Waals surface area contributed by atoms with Crippen LogP contribution in [0.5, 0.6) is 0 Å². The maximum absolute atomic E-state index is 5.73. The maximum Gasteiger partial charge on any atom is 0.0644 e. The van der Waals surface area contributed by atoms with Crippen LogP contribution in [0.15, 0.2) is 18.3 Å². The normalized spacial score (nSPS) is 14.4. The molecule has 0 radical (unpaired) electrons. The van der Waals surface area contributed by atoms with E-state index < -0.39 is 0 Å². The van der Waals surface area contributed by atoms with Crippen LogP contribution in [-0.4, -0.2) is 9.78 Å². The number of rotatable bonds is 6. The van der Waals surface area contributed by atoms with Gasteiger partial charge in [0.1, 0.15) is 0 Å². The van der Waals surface area contributed by atoms with E-state index in [0.717, 1.165) is 18.5 Å². The van der Waals surface area contributed by atoms with E-state index in [2.05, 4.69) is 56.5 Å². The zero-order valence-electron chi connectivity index (χ0n) is 12.7. The molecule has 2 aromatic heterocycles. The van der Waals surface area contributed by atoms with Crippen LogP contribution >= 0.6 is 11.3 Å². The minimum atomic E-state index is 0.132. The average Bonchev–Trinajstić information content (AvgIpc) is 3.03. The Balaban J connectivity index is 2.12. The third-order valence-electron chi connectivity index (χ3n) is 3.85. The fourth-order valence-electron chi connectivity index (χ4n) is 2.14. The molecular formula is C15H24N4S. The average molecular weight is 292 g/mol. The van der Waals surface area contributed by atoms with Crippen molar-refractivity contribution >= 4 is 11.3 Å². The summed E-state index contributed by atoms with van der Waals surface area (Å²) < 4.78 is 2.04. The second-order valence-corrected chi connectivity index (χ2v) is 6.64. The van der Waals surface area contributed by atoms with E-state index in [0.29, 0.717) is 6.04 Å². The van der Waals surface area contributed by atoms with Gasteiger partial charge >= 0.3 is 0 Å². The lowest BCUT2D eigenvalue weighted by Crippen LogP contribution is -2.29. The van der Waals surface area contributed by atoms with Gasteiger partial charge < -0.3 is 0 Å². The number of hydrogen-bond donors (Lipinski definition) is 2. The molecule has 2 unspecified atom stereocenters. The summed E-state index contributed by atoms with van der Waals surface area (Å²) >= 11 is 1.81. The summed E-state index contributed by atoms with van der Waals surface area (Å²) in [4.78, 5) is 2.63. The molecule has 4 nitrogen and oxygen atoms in total. The van der Waals surface area contributed by atoms with Gasteiger partial charge in [-0.15, -0.1) is 11.3 Å². The highest BCUT2D eigenvalue weighted by Gasteiger charge is 2.16. The van der Waals surface area contributed by atoms with Crippen molar-refractivity contribution < 1.29 is 0 Å². The highest BCUT2D eigenvalue weighted by molar-refractivity contribution is 7.12. The molecule has 0 spiro atoms. The third-order valence-corrected chi connectivity index (χ3v) is 5.12. The standard InChI is InChI=1S/C15H24N4S/c1-5-11(3)19-7-6-13(18-19)9-14(17-16)15-8-10(2)12(4)20-15/h6-8,11,14,17H,5,9,16H2,1-4H3. The Kier molecular flexibility index (Phi) is 4.96. The maximum atomic E-state index is 5.73. The molecule has 2 atom stereocenters. The molecule has 0 aliphatic rings. The summed E-state index contributed by atoms with van der Waals surface area (Å²) in [6, 6.07) is 4.88. The number of nitrogens with zero attached hydrogens (tertiary/aromatic N) is 2. The van der Waals surface area contributed by atoms with Crippen molar-refractivity contribution in [3.05, 3.63) is 39.3 Å². The van der Waals surface area contributed by atoms with E-state index >= 15 is 0 Å². The Bertz CT molecular complexity index is 538. The van der Waals surface area contributed by atoms with Crippen molar-refractivity contribution in [3.8, 4) is 0 Å². The molecule has 3 N–H and O–H groups in total. The van der Waals surface area contributed by atoms with Gasteiger partial charge in [-0.1, -0.05) is 6.92 Å². The first-order valence-electron chi connectivity index (χ1n) is 7.12. The van der Waals surface area contributed by atoms with Crippen molar-refractivity contribution in [2.24, 2.45) is 5.84 Å². The zero-order chi connectivity index (χ0) is 14.7. The molecule has 110 valence electrons. The van der Waals surface area contributed by atoms with E-state index in [4.69, 9.17) is 5.84 Å². The molecule has 0 saturated heterocycles. The van der Waals surface area contributed by atoms with Crippen LogP contribution in [-0.2, 0) is 6.42 Å². The first kappa shape index (κ1) is 15.2. The second kappa shape index (κ2) is 6.52. The topological polar surface area (TPSA) is 55.9 Å². The summed E-state index contributed by atoms with van der Waals surface area (Å²) in [6.07, 6.45) is 3.96. The molecule has 20 heavy (non-hydrogen) atoms. The first-order chi connectivity index (χ1) is 9.55. The van der Waals surface area contributed by atoms with Crippen molar-refractivity contribution in [1.82, 2.24) is 15.2 Å². The third kappa shape index (κ3) is 3.29. The largest absolute Gasteiger partial charge is 0.271 e. The van der Waals surface area contributed by atoms with Crippen LogP contribution in [0.3, 0.4) is 0 Å². The Morgan fingerprint density at radius 3 is 2.75 bits per heavy atom. The van der Waals surface area contributed by atoms with Gasteiger partial charge in [-0.3, -0.25) is 16.0 Å². The first-order valence-corrected chi connectivity index (χ1v) is 7.93. The fourth-order valence-corrected chi connectivity index (χ4v) is 3.25. The summed E-state index contributed by atoms with van der Waals surface area (Å²) in [6.45, 7) is 8.64. The minimum absolute atomic E-state index is 0.132. The van der Waals surface area contributed by atoms with Gasteiger partial charge in [-0.05, 0) is 44.9 Å². The SMILES string of the molecule is CCC(C)n1ccc(CC(NN)c2cc(C)c(C)s2)n1. The van der Waals surface area contributed by atoms with Gasteiger partial charge in [-0.25, -0.2) is 0 Å². The van der Waals surface area contributed by atoms with Crippen LogP contribution in [0.1, 0.15) is 53.4 Å². The van der Waals surface area contributed by atoms with Gasteiger partial charge in [0.15, 0.2) is 0 Å². The number of nitrogens with two attached hydrogens (primary N) is 1. The molecule has 0 saturated carbocycles. The number of thiophene rings is 1. The molecule has 0 fully saturated rings. The summed E-state index contributed by atoms with van der Waals surface area (Å²) in [5.41, 5.74) is 5.33. The fraction of sp³-hybridized carbons (Fsp3) is 0.533. The summed E-state index contributed by atoms with van der Waals surface area (Å²) in [5.74, 6) is 5.73. The quantitative estimate of drug-likeness (QED) is 0.634. The van der Waals surface area contributed by atoms with E-state index in [-0.39, 0.29) is 6.04 Å². The number of hydrazine groups is 1. The molecule has 0 amide bonds. The summed E-state index contributed by atoms with van der Waals surface area (Å²) in [7, 11) is 0. The lowest BCUT2D eigenvalue weighted by molar-refractivity contribution is 0.467. The monoisotopic (exact) mass is 292 g/mol. The Morgan fingerprint density at radius 1 is 1.45 bits per heavy atom. The molecule has 5 heteroatoms. The molecular weight excluding hydrogens is 268 g/mol. The molecule has 2 heterocycles. The smallest absolute Gasteiger partial charge is 0.0644 e. The molecule has 2 aromatic rings. The number of aryl methyl sites for hydroxylation is 2. The van der Waals surface area contributed by atoms with E-state index in [1.165, 1.54) is 15.3 Å². The van der Waals surface area contributed by atoms with E-state index in [9.17, 15) is 0 Å². The number of hydrogen-bond acceptors (Lipinski definition) is 4. The Hall–Kier alpha value is -1.17. The summed E-state index contributed by atoms with van der Waals surface area (Å²) in [5, 5.41) is 4.65. The predicted octanol–water partition coefficient (Wildman–Crippen LogP) is 3.28. The molecule has 0 aliphatic heterocycles. The van der Waals surface area contributed by atoms with Crippen LogP contribution < -0.4 is 11.3 Å². The zero-order valence-corrected chi connectivity index (χ0v) is 13.5. The molecule has 2 rings (SSSR count). The molecule has 0 aliphatic carbocycles. The Labute approximate surface area is 125 Å². The van der Waals surface area contributed by atoms with Crippen molar-refractivity contribution in [3.63, 3.8) is 0 Å². The van der Waals surface area contributed by atoms with Crippen LogP contribution in [0.2, 0.25) is 0 Å². The molecule has 0 bridgehead atoms. The van der Waals surface area contributed by atoms with E-state index in [1.54, 1.807) is 11.3 Å². The molecule has 0 aromatic carbocycles. The van der Waals surface area contributed by atoms with Crippen LogP contribution in [0, 0.1) is 13.8 Å². The highest BCUT2D eigenvalue weighted by Crippen LogP contribution is 2.28. The number of aromatic nitrogens is 2. The lowest BCUT2D eigenvalue weighted by Gasteiger charge is -2.13. The van der Waals surface area contributed by atoms with Gasteiger partial charge in [0.2, 0.25) is 0 Å². The predicted molar refractivity (Wildman–Crippen MR) is 84.8 cm³/mol. The van der Waals surface area contributed by atoms with Crippen molar-refractivity contribution in [1.29, 1.82) is 0 Å².